The van der Waals surface area contributed by atoms with E-state index in [1.54, 1.807) is 6.20 Å². The second-order valence-corrected chi connectivity index (χ2v) is 4.32. The number of hydrogen-bond donors (Lipinski definition) is 1. The number of morpholine rings is 1. The van der Waals surface area contributed by atoms with Crippen LogP contribution in [0.15, 0.2) is 12.3 Å². The van der Waals surface area contributed by atoms with E-state index in [2.05, 4.69) is 16.8 Å². The summed E-state index contributed by atoms with van der Waals surface area (Å²) in [6, 6.07) is 1.82. The Kier molecular flexibility index (Phi) is 3.51. The minimum atomic E-state index is 0.285. The van der Waals surface area contributed by atoms with E-state index < -0.39 is 0 Å². The minimum absolute atomic E-state index is 0.285. The van der Waals surface area contributed by atoms with Crippen molar-refractivity contribution in [3.63, 3.8) is 0 Å². The van der Waals surface area contributed by atoms with Crippen molar-refractivity contribution >= 4 is 23.1 Å². The van der Waals surface area contributed by atoms with Crippen molar-refractivity contribution in [1.29, 1.82) is 0 Å². The molecule has 1 fully saturated rings. The maximum atomic E-state index is 5.84. The molecule has 88 valence electrons. The molecule has 1 aromatic heterocycles. The minimum Gasteiger partial charge on any atom is -0.397 e. The summed E-state index contributed by atoms with van der Waals surface area (Å²) in [6.07, 6.45) is 2.90. The lowest BCUT2D eigenvalue weighted by molar-refractivity contribution is 0.0382. The van der Waals surface area contributed by atoms with Crippen LogP contribution in [0.25, 0.3) is 0 Å². The Hall–Kier alpha value is -1.00. The summed E-state index contributed by atoms with van der Waals surface area (Å²) in [6.45, 7) is 4.58. The van der Waals surface area contributed by atoms with Crippen molar-refractivity contribution in [1.82, 2.24) is 4.98 Å². The SMILES string of the molecule is CC[C@H]1CN(c2cc(N)c(Cl)cn2)CCO1. The second kappa shape index (κ2) is 4.89. The van der Waals surface area contributed by atoms with Gasteiger partial charge in [-0.05, 0) is 6.42 Å². The first-order valence-corrected chi connectivity index (χ1v) is 5.86. The van der Waals surface area contributed by atoms with E-state index >= 15 is 0 Å². The Labute approximate surface area is 100 Å². The summed E-state index contributed by atoms with van der Waals surface area (Å²) in [5, 5.41) is 0.504. The van der Waals surface area contributed by atoms with Crippen LogP contribution in [-0.2, 0) is 4.74 Å². The third-order valence-corrected chi connectivity index (χ3v) is 3.10. The molecule has 5 heteroatoms. The van der Waals surface area contributed by atoms with Gasteiger partial charge in [0.15, 0.2) is 0 Å². The fourth-order valence-electron chi connectivity index (χ4n) is 1.79. The van der Waals surface area contributed by atoms with Crippen molar-refractivity contribution < 1.29 is 4.74 Å². The van der Waals surface area contributed by atoms with Gasteiger partial charge in [-0.3, -0.25) is 0 Å². The zero-order valence-electron chi connectivity index (χ0n) is 9.32. The Morgan fingerprint density at radius 3 is 3.19 bits per heavy atom. The lowest BCUT2D eigenvalue weighted by atomic mass is 10.2. The van der Waals surface area contributed by atoms with E-state index in [1.165, 1.54) is 0 Å². The Morgan fingerprint density at radius 1 is 1.69 bits per heavy atom. The first-order chi connectivity index (χ1) is 7.70. The number of nitrogen functional groups attached to an aromatic ring is 1. The van der Waals surface area contributed by atoms with E-state index in [-0.39, 0.29) is 6.10 Å². The number of rotatable bonds is 2. The van der Waals surface area contributed by atoms with Gasteiger partial charge in [-0.2, -0.15) is 0 Å². The lowest BCUT2D eigenvalue weighted by Crippen LogP contribution is -2.42. The van der Waals surface area contributed by atoms with Gasteiger partial charge in [0.25, 0.3) is 0 Å². The highest BCUT2D eigenvalue weighted by Crippen LogP contribution is 2.23. The molecule has 1 atom stereocenters. The van der Waals surface area contributed by atoms with Gasteiger partial charge in [0.05, 0.1) is 23.4 Å². The molecule has 4 nitrogen and oxygen atoms in total. The monoisotopic (exact) mass is 241 g/mol. The number of halogens is 1. The first kappa shape index (κ1) is 11.5. The quantitative estimate of drug-likeness (QED) is 0.860. The van der Waals surface area contributed by atoms with Gasteiger partial charge in [0, 0.05) is 25.4 Å². The molecule has 0 amide bonds. The molecule has 1 saturated heterocycles. The van der Waals surface area contributed by atoms with Gasteiger partial charge >= 0.3 is 0 Å². The summed E-state index contributed by atoms with van der Waals surface area (Å²) in [5.41, 5.74) is 6.34. The first-order valence-electron chi connectivity index (χ1n) is 5.48. The zero-order chi connectivity index (χ0) is 11.5. The molecule has 0 spiro atoms. The Morgan fingerprint density at radius 2 is 2.50 bits per heavy atom. The molecule has 0 aromatic carbocycles. The number of aromatic nitrogens is 1. The highest BCUT2D eigenvalue weighted by Gasteiger charge is 2.20. The third-order valence-electron chi connectivity index (χ3n) is 2.79. The van der Waals surface area contributed by atoms with Crippen molar-refractivity contribution in [2.75, 3.05) is 30.3 Å². The Bertz CT molecular complexity index is 372. The van der Waals surface area contributed by atoms with E-state index in [4.69, 9.17) is 22.1 Å². The summed E-state index contributed by atoms with van der Waals surface area (Å²) in [7, 11) is 0. The summed E-state index contributed by atoms with van der Waals surface area (Å²) >= 11 is 5.84. The molecule has 1 aliphatic heterocycles. The largest absolute Gasteiger partial charge is 0.397 e. The van der Waals surface area contributed by atoms with Crippen LogP contribution >= 0.6 is 11.6 Å². The maximum Gasteiger partial charge on any atom is 0.130 e. The van der Waals surface area contributed by atoms with Gasteiger partial charge in [-0.15, -0.1) is 0 Å². The number of anilines is 2. The van der Waals surface area contributed by atoms with Crippen LogP contribution in [0.1, 0.15) is 13.3 Å². The summed E-state index contributed by atoms with van der Waals surface area (Å²) in [4.78, 5) is 6.47. The average molecular weight is 242 g/mol. The van der Waals surface area contributed by atoms with Crippen LogP contribution in [0.4, 0.5) is 11.5 Å². The molecule has 1 aromatic rings. The molecule has 16 heavy (non-hydrogen) atoms. The van der Waals surface area contributed by atoms with Crippen LogP contribution in [0, 0.1) is 0 Å². The van der Waals surface area contributed by atoms with Gasteiger partial charge in [0.1, 0.15) is 5.82 Å². The van der Waals surface area contributed by atoms with Crippen LogP contribution in [-0.4, -0.2) is 30.8 Å². The van der Waals surface area contributed by atoms with Crippen LogP contribution in [0.3, 0.4) is 0 Å². The van der Waals surface area contributed by atoms with E-state index in [1.807, 2.05) is 6.07 Å². The summed E-state index contributed by atoms with van der Waals surface area (Å²) in [5.74, 6) is 0.878. The molecule has 0 aliphatic carbocycles. The standard InChI is InChI=1S/C11H16ClN3O/c1-2-8-7-15(3-4-16-8)11-5-10(13)9(12)6-14-11/h5-6,8H,2-4,7H2,1H3,(H2,13,14)/t8-/m0/s1. The number of ether oxygens (including phenoxy) is 1. The maximum absolute atomic E-state index is 5.84. The molecule has 0 saturated carbocycles. The number of nitrogens with zero attached hydrogens (tertiary/aromatic N) is 2. The molecule has 2 heterocycles. The predicted molar refractivity (Wildman–Crippen MR) is 65.9 cm³/mol. The van der Waals surface area contributed by atoms with Gasteiger partial charge in [-0.1, -0.05) is 18.5 Å². The van der Waals surface area contributed by atoms with E-state index in [0.717, 1.165) is 31.9 Å². The second-order valence-electron chi connectivity index (χ2n) is 3.91. The van der Waals surface area contributed by atoms with Gasteiger partial charge < -0.3 is 15.4 Å². The van der Waals surface area contributed by atoms with Gasteiger partial charge in [-0.25, -0.2) is 4.98 Å². The van der Waals surface area contributed by atoms with Crippen LogP contribution < -0.4 is 10.6 Å². The topological polar surface area (TPSA) is 51.4 Å². The van der Waals surface area contributed by atoms with Crippen molar-refractivity contribution in [3.8, 4) is 0 Å². The molecule has 1 aliphatic rings. The molecule has 0 radical (unpaired) electrons. The molecular weight excluding hydrogens is 226 g/mol. The highest BCUT2D eigenvalue weighted by atomic mass is 35.5. The molecule has 0 unspecified atom stereocenters. The fourth-order valence-corrected chi connectivity index (χ4v) is 1.89. The molecule has 0 bridgehead atoms. The normalized spacial score (nSPS) is 21.1. The number of hydrogen-bond acceptors (Lipinski definition) is 4. The van der Waals surface area contributed by atoms with Crippen LogP contribution in [0.5, 0.6) is 0 Å². The molecule has 2 N–H and O–H groups in total. The smallest absolute Gasteiger partial charge is 0.130 e. The van der Waals surface area contributed by atoms with E-state index in [9.17, 15) is 0 Å². The van der Waals surface area contributed by atoms with Crippen molar-refractivity contribution in [3.05, 3.63) is 17.3 Å². The zero-order valence-corrected chi connectivity index (χ0v) is 10.1. The molecular formula is C11H16ClN3O. The van der Waals surface area contributed by atoms with Crippen molar-refractivity contribution in [2.45, 2.75) is 19.4 Å². The summed E-state index contributed by atoms with van der Waals surface area (Å²) < 4.78 is 5.61. The average Bonchev–Trinajstić information content (AvgIpc) is 2.33. The molecule has 2 rings (SSSR count). The van der Waals surface area contributed by atoms with Crippen molar-refractivity contribution in [2.24, 2.45) is 0 Å². The third kappa shape index (κ3) is 2.39. The fraction of sp³-hybridized carbons (Fsp3) is 0.545. The highest BCUT2D eigenvalue weighted by molar-refractivity contribution is 6.32. The number of nitrogens with two attached hydrogens (primary N) is 1. The predicted octanol–water partition coefficient (Wildman–Crippen LogP) is 1.93. The van der Waals surface area contributed by atoms with Gasteiger partial charge in [0.2, 0.25) is 0 Å². The van der Waals surface area contributed by atoms with E-state index in [0.29, 0.717) is 10.7 Å². The Balaban J connectivity index is 2.13. The lowest BCUT2D eigenvalue weighted by Gasteiger charge is -2.33. The van der Waals surface area contributed by atoms with Crippen LogP contribution in [0.2, 0.25) is 5.02 Å². The number of pyridine rings is 1.